The lowest BCUT2D eigenvalue weighted by Gasteiger charge is -2.12. The molecule has 1 saturated heterocycles. The summed E-state index contributed by atoms with van der Waals surface area (Å²) in [5.74, 6) is -0.142. The predicted octanol–water partition coefficient (Wildman–Crippen LogP) is 3.27. The molecule has 1 aliphatic rings. The summed E-state index contributed by atoms with van der Waals surface area (Å²) < 4.78 is 32.7. The molecule has 7 nitrogen and oxygen atoms in total. The lowest BCUT2D eigenvalue weighted by Crippen LogP contribution is -2.27. The Labute approximate surface area is 167 Å². The fraction of sp³-hybridized carbons (Fsp3) is 0.158. The first-order valence-corrected chi connectivity index (χ1v) is 10.8. The Morgan fingerprint density at radius 2 is 1.79 bits per heavy atom. The minimum atomic E-state index is -3.70. The van der Waals surface area contributed by atoms with Gasteiger partial charge in [-0.05, 0) is 41.1 Å². The SMILES string of the molecule is COc1cc(/C=C2\SC(=O)N(Cc3ccccc3)C2=O)ccc1OS(C)(=O)=O. The number of carbonyl (C=O) groups excluding carboxylic acids is 2. The van der Waals surface area contributed by atoms with Crippen LogP contribution in [0.25, 0.3) is 6.08 Å². The summed E-state index contributed by atoms with van der Waals surface area (Å²) in [7, 11) is -2.33. The van der Waals surface area contributed by atoms with E-state index in [9.17, 15) is 18.0 Å². The lowest BCUT2D eigenvalue weighted by atomic mass is 10.1. The number of ether oxygens (including phenoxy) is 1. The second kappa shape index (κ2) is 8.07. The zero-order valence-corrected chi connectivity index (χ0v) is 16.7. The van der Waals surface area contributed by atoms with E-state index in [1.165, 1.54) is 24.1 Å². The topological polar surface area (TPSA) is 90.0 Å². The molecule has 1 aliphatic heterocycles. The monoisotopic (exact) mass is 419 g/mol. The zero-order valence-electron chi connectivity index (χ0n) is 15.1. The molecule has 2 amide bonds. The number of hydrogen-bond acceptors (Lipinski definition) is 7. The maximum Gasteiger partial charge on any atom is 0.306 e. The smallest absolute Gasteiger partial charge is 0.306 e. The Bertz CT molecular complexity index is 1050. The Morgan fingerprint density at radius 3 is 2.43 bits per heavy atom. The van der Waals surface area contributed by atoms with Gasteiger partial charge < -0.3 is 8.92 Å². The fourth-order valence-electron chi connectivity index (χ4n) is 2.56. The van der Waals surface area contributed by atoms with Crippen molar-refractivity contribution in [3.63, 3.8) is 0 Å². The molecular formula is C19H17NO6S2. The number of hydrogen-bond donors (Lipinski definition) is 0. The van der Waals surface area contributed by atoms with Gasteiger partial charge in [-0.1, -0.05) is 36.4 Å². The van der Waals surface area contributed by atoms with E-state index < -0.39 is 10.1 Å². The molecule has 0 saturated carbocycles. The van der Waals surface area contributed by atoms with Crippen LogP contribution in [-0.4, -0.2) is 37.8 Å². The van der Waals surface area contributed by atoms with Gasteiger partial charge >= 0.3 is 10.1 Å². The third-order valence-electron chi connectivity index (χ3n) is 3.78. The molecule has 0 N–H and O–H groups in total. The van der Waals surface area contributed by atoms with Crippen molar-refractivity contribution in [3.05, 3.63) is 64.6 Å². The van der Waals surface area contributed by atoms with Gasteiger partial charge in [0.05, 0.1) is 24.8 Å². The number of imide groups is 1. The van der Waals surface area contributed by atoms with Crippen molar-refractivity contribution in [2.45, 2.75) is 6.54 Å². The fourth-order valence-corrected chi connectivity index (χ4v) is 3.86. The van der Waals surface area contributed by atoms with Crippen LogP contribution in [0.15, 0.2) is 53.4 Å². The predicted molar refractivity (Wildman–Crippen MR) is 106 cm³/mol. The quantitative estimate of drug-likeness (QED) is 0.524. The van der Waals surface area contributed by atoms with Crippen LogP contribution in [0.5, 0.6) is 11.5 Å². The molecule has 0 aliphatic carbocycles. The second-order valence-corrected chi connectivity index (χ2v) is 8.52. The van der Waals surface area contributed by atoms with E-state index in [4.69, 9.17) is 8.92 Å². The Hall–Kier alpha value is -2.78. The van der Waals surface area contributed by atoms with E-state index in [-0.39, 0.29) is 34.1 Å². The van der Waals surface area contributed by atoms with Gasteiger partial charge in [-0.15, -0.1) is 0 Å². The average molecular weight is 419 g/mol. The number of carbonyl (C=O) groups is 2. The summed E-state index contributed by atoms with van der Waals surface area (Å²) in [4.78, 5) is 26.3. The highest BCUT2D eigenvalue weighted by atomic mass is 32.2. The van der Waals surface area contributed by atoms with Gasteiger partial charge in [-0.25, -0.2) is 0 Å². The summed E-state index contributed by atoms with van der Waals surface area (Å²) in [6, 6.07) is 13.8. The number of amides is 2. The first-order valence-electron chi connectivity index (χ1n) is 8.13. The summed E-state index contributed by atoms with van der Waals surface area (Å²) in [6.45, 7) is 0.202. The number of rotatable bonds is 6. The maximum atomic E-state index is 12.6. The summed E-state index contributed by atoms with van der Waals surface area (Å²) in [6.07, 6.45) is 2.49. The molecule has 0 atom stereocenters. The maximum absolute atomic E-state index is 12.6. The molecule has 1 fully saturated rings. The second-order valence-electron chi connectivity index (χ2n) is 5.95. The minimum absolute atomic E-state index is 0.0410. The van der Waals surface area contributed by atoms with Gasteiger partial charge in [0.25, 0.3) is 11.1 Å². The molecule has 0 aromatic heterocycles. The Morgan fingerprint density at radius 1 is 1.07 bits per heavy atom. The molecule has 1 heterocycles. The number of thioether (sulfide) groups is 1. The molecule has 146 valence electrons. The van der Waals surface area contributed by atoms with Crippen LogP contribution in [0.3, 0.4) is 0 Å². The molecule has 3 rings (SSSR count). The third-order valence-corrected chi connectivity index (χ3v) is 5.17. The number of methoxy groups -OCH3 is 1. The van der Waals surface area contributed by atoms with E-state index in [1.807, 2.05) is 30.3 Å². The van der Waals surface area contributed by atoms with Crippen LogP contribution in [-0.2, 0) is 21.5 Å². The molecule has 28 heavy (non-hydrogen) atoms. The van der Waals surface area contributed by atoms with Crippen LogP contribution < -0.4 is 8.92 Å². The van der Waals surface area contributed by atoms with Gasteiger partial charge in [0.15, 0.2) is 11.5 Å². The Kier molecular flexibility index (Phi) is 5.76. The van der Waals surface area contributed by atoms with Crippen LogP contribution in [0.2, 0.25) is 0 Å². The van der Waals surface area contributed by atoms with Gasteiger partial charge in [0.2, 0.25) is 0 Å². The van der Waals surface area contributed by atoms with Crippen molar-refractivity contribution in [2.75, 3.05) is 13.4 Å². The van der Waals surface area contributed by atoms with E-state index in [0.717, 1.165) is 23.6 Å². The van der Waals surface area contributed by atoms with Crippen molar-refractivity contribution >= 4 is 39.1 Å². The van der Waals surface area contributed by atoms with Gasteiger partial charge in [0, 0.05) is 0 Å². The lowest BCUT2D eigenvalue weighted by molar-refractivity contribution is -0.123. The summed E-state index contributed by atoms with van der Waals surface area (Å²) in [5.41, 5.74) is 1.43. The van der Waals surface area contributed by atoms with E-state index >= 15 is 0 Å². The van der Waals surface area contributed by atoms with Crippen molar-refractivity contribution in [1.29, 1.82) is 0 Å². The van der Waals surface area contributed by atoms with E-state index in [2.05, 4.69) is 0 Å². The van der Waals surface area contributed by atoms with Gasteiger partial charge in [-0.3, -0.25) is 14.5 Å². The molecule has 9 heteroatoms. The van der Waals surface area contributed by atoms with Crippen LogP contribution in [0.4, 0.5) is 4.79 Å². The summed E-state index contributed by atoms with van der Waals surface area (Å²) in [5, 5.41) is -0.343. The van der Waals surface area contributed by atoms with Crippen LogP contribution in [0.1, 0.15) is 11.1 Å². The first-order chi connectivity index (χ1) is 13.3. The van der Waals surface area contributed by atoms with Crippen molar-refractivity contribution in [2.24, 2.45) is 0 Å². The minimum Gasteiger partial charge on any atom is -0.493 e. The molecular weight excluding hydrogens is 402 g/mol. The molecule has 0 radical (unpaired) electrons. The molecule has 2 aromatic rings. The van der Waals surface area contributed by atoms with Crippen molar-refractivity contribution < 1.29 is 26.9 Å². The average Bonchev–Trinajstić information content (AvgIpc) is 2.90. The van der Waals surface area contributed by atoms with Crippen LogP contribution >= 0.6 is 11.8 Å². The molecule has 2 aromatic carbocycles. The van der Waals surface area contributed by atoms with E-state index in [0.29, 0.717) is 5.56 Å². The number of nitrogens with zero attached hydrogens (tertiary/aromatic N) is 1. The van der Waals surface area contributed by atoms with E-state index in [1.54, 1.807) is 12.1 Å². The third kappa shape index (κ3) is 4.73. The molecule has 0 spiro atoms. The Balaban J connectivity index is 1.83. The van der Waals surface area contributed by atoms with Crippen molar-refractivity contribution in [1.82, 2.24) is 4.90 Å². The standard InChI is InChI=1S/C19H17NO6S2/c1-25-16-10-14(8-9-15(16)26-28(2,23)24)11-17-18(21)20(19(22)27-17)12-13-6-4-3-5-7-13/h3-11H,12H2,1-2H3/b17-11-. The normalized spacial score (nSPS) is 15.9. The highest BCUT2D eigenvalue weighted by molar-refractivity contribution is 8.18. The molecule has 0 unspecified atom stereocenters. The molecule has 0 bridgehead atoms. The van der Waals surface area contributed by atoms with Crippen molar-refractivity contribution in [3.8, 4) is 11.5 Å². The highest BCUT2D eigenvalue weighted by Gasteiger charge is 2.35. The largest absolute Gasteiger partial charge is 0.493 e. The number of benzene rings is 2. The van der Waals surface area contributed by atoms with Crippen LogP contribution in [0, 0.1) is 0 Å². The first kappa shape index (κ1) is 20.0. The summed E-state index contributed by atoms with van der Waals surface area (Å²) >= 11 is 0.854. The highest BCUT2D eigenvalue weighted by Crippen LogP contribution is 2.35. The van der Waals surface area contributed by atoms with Gasteiger partial charge in [0.1, 0.15) is 0 Å². The van der Waals surface area contributed by atoms with Gasteiger partial charge in [-0.2, -0.15) is 8.42 Å². The zero-order chi connectivity index (χ0) is 20.3.